The zero-order valence-electron chi connectivity index (χ0n) is 11.2. The predicted octanol–water partition coefficient (Wildman–Crippen LogP) is 2.59. The van der Waals surface area contributed by atoms with E-state index in [2.05, 4.69) is 13.8 Å². The van der Waals surface area contributed by atoms with Crippen molar-refractivity contribution in [2.45, 2.75) is 20.3 Å². The van der Waals surface area contributed by atoms with Crippen molar-refractivity contribution in [2.24, 2.45) is 11.8 Å². The van der Waals surface area contributed by atoms with E-state index in [9.17, 15) is 9.18 Å². The van der Waals surface area contributed by atoms with Gasteiger partial charge < -0.3 is 15.7 Å². The van der Waals surface area contributed by atoms with Crippen LogP contribution < -0.4 is 10.6 Å². The van der Waals surface area contributed by atoms with E-state index in [0.29, 0.717) is 17.5 Å². The molecule has 0 amide bonds. The van der Waals surface area contributed by atoms with Crippen LogP contribution in [0.1, 0.15) is 30.6 Å². The highest BCUT2D eigenvalue weighted by Crippen LogP contribution is 2.31. The highest BCUT2D eigenvalue weighted by atomic mass is 19.1. The number of piperidine rings is 1. The van der Waals surface area contributed by atoms with Gasteiger partial charge in [0.25, 0.3) is 0 Å². The molecule has 0 aromatic heterocycles. The minimum atomic E-state index is -1.13. The van der Waals surface area contributed by atoms with Crippen LogP contribution in [0.15, 0.2) is 12.1 Å². The molecule has 5 heteroatoms. The van der Waals surface area contributed by atoms with Crippen molar-refractivity contribution in [3.63, 3.8) is 0 Å². The van der Waals surface area contributed by atoms with Crippen molar-refractivity contribution >= 4 is 17.3 Å². The van der Waals surface area contributed by atoms with E-state index in [1.54, 1.807) is 0 Å². The van der Waals surface area contributed by atoms with Crippen LogP contribution in [0.4, 0.5) is 15.8 Å². The average molecular weight is 266 g/mol. The molecule has 0 aliphatic carbocycles. The summed E-state index contributed by atoms with van der Waals surface area (Å²) in [6.07, 6.45) is 0.980. The van der Waals surface area contributed by atoms with Crippen LogP contribution in [0.2, 0.25) is 0 Å². The van der Waals surface area contributed by atoms with Crippen LogP contribution in [0.5, 0.6) is 0 Å². The first-order chi connectivity index (χ1) is 8.90. The Balaban J connectivity index is 2.34. The molecule has 2 atom stereocenters. The molecule has 0 bridgehead atoms. The highest BCUT2D eigenvalue weighted by Gasteiger charge is 2.25. The number of nitrogen functional groups attached to an aromatic ring is 1. The number of hydrogen-bond acceptors (Lipinski definition) is 3. The summed E-state index contributed by atoms with van der Waals surface area (Å²) in [7, 11) is 0. The van der Waals surface area contributed by atoms with E-state index in [-0.39, 0.29) is 11.3 Å². The van der Waals surface area contributed by atoms with E-state index in [1.165, 1.54) is 6.07 Å². The largest absolute Gasteiger partial charge is 0.478 e. The third-order valence-electron chi connectivity index (χ3n) is 4.02. The molecule has 1 aromatic carbocycles. The molecule has 3 N–H and O–H groups in total. The second-order valence-corrected chi connectivity index (χ2v) is 5.39. The SMILES string of the molecule is CC1CCN(c2cc(C(=O)O)c(N)cc2F)CC1C. The molecule has 2 unspecified atom stereocenters. The molecule has 4 nitrogen and oxygen atoms in total. The summed E-state index contributed by atoms with van der Waals surface area (Å²) in [5, 5.41) is 9.05. The van der Waals surface area contributed by atoms with Gasteiger partial charge in [0.1, 0.15) is 5.82 Å². The third-order valence-corrected chi connectivity index (χ3v) is 4.02. The predicted molar refractivity (Wildman–Crippen MR) is 72.9 cm³/mol. The number of nitrogens with zero attached hydrogens (tertiary/aromatic N) is 1. The van der Waals surface area contributed by atoms with E-state index < -0.39 is 11.8 Å². The lowest BCUT2D eigenvalue weighted by Crippen LogP contribution is -2.39. The van der Waals surface area contributed by atoms with Crippen molar-refractivity contribution in [2.75, 3.05) is 23.7 Å². The van der Waals surface area contributed by atoms with E-state index >= 15 is 0 Å². The minimum absolute atomic E-state index is 0.0350. The topological polar surface area (TPSA) is 66.6 Å². The van der Waals surface area contributed by atoms with Gasteiger partial charge in [0.05, 0.1) is 11.3 Å². The van der Waals surface area contributed by atoms with Gasteiger partial charge in [0.2, 0.25) is 0 Å². The number of hydrogen-bond donors (Lipinski definition) is 2. The summed E-state index contributed by atoms with van der Waals surface area (Å²) in [6.45, 7) is 5.79. The Morgan fingerprint density at radius 2 is 2.11 bits per heavy atom. The number of carboxylic acid groups (broad SMARTS) is 1. The second-order valence-electron chi connectivity index (χ2n) is 5.39. The maximum Gasteiger partial charge on any atom is 0.337 e. The number of aromatic carboxylic acids is 1. The van der Waals surface area contributed by atoms with Gasteiger partial charge >= 0.3 is 5.97 Å². The molecule has 0 radical (unpaired) electrons. The van der Waals surface area contributed by atoms with Gasteiger partial charge in [-0.15, -0.1) is 0 Å². The Morgan fingerprint density at radius 1 is 1.42 bits per heavy atom. The van der Waals surface area contributed by atoms with Crippen LogP contribution in [0.3, 0.4) is 0 Å². The smallest absolute Gasteiger partial charge is 0.337 e. The van der Waals surface area contributed by atoms with E-state index in [4.69, 9.17) is 10.8 Å². The number of anilines is 2. The zero-order chi connectivity index (χ0) is 14.2. The molecule has 1 aliphatic heterocycles. The van der Waals surface area contributed by atoms with Crippen molar-refractivity contribution in [1.29, 1.82) is 0 Å². The molecule has 0 spiro atoms. The van der Waals surface area contributed by atoms with E-state index in [1.807, 2.05) is 4.90 Å². The lowest BCUT2D eigenvalue weighted by Gasteiger charge is -2.37. The maximum absolute atomic E-state index is 14.0. The van der Waals surface area contributed by atoms with Crippen LogP contribution in [-0.4, -0.2) is 24.2 Å². The summed E-state index contributed by atoms with van der Waals surface area (Å²) in [5.74, 6) is -0.521. The molecule has 0 saturated carbocycles. The normalized spacial score (nSPS) is 23.4. The number of rotatable bonds is 2. The Kier molecular flexibility index (Phi) is 3.64. The Labute approximate surface area is 112 Å². The van der Waals surface area contributed by atoms with E-state index in [0.717, 1.165) is 25.6 Å². The van der Waals surface area contributed by atoms with Gasteiger partial charge in [-0.3, -0.25) is 0 Å². The minimum Gasteiger partial charge on any atom is -0.478 e. The van der Waals surface area contributed by atoms with Crippen molar-refractivity contribution in [3.8, 4) is 0 Å². The van der Waals surface area contributed by atoms with Crippen LogP contribution >= 0.6 is 0 Å². The Bertz CT molecular complexity index is 504. The summed E-state index contributed by atoms with van der Waals surface area (Å²) in [5.41, 5.74) is 5.79. The van der Waals surface area contributed by atoms with Crippen LogP contribution in [0.25, 0.3) is 0 Å². The quantitative estimate of drug-likeness (QED) is 0.807. The summed E-state index contributed by atoms with van der Waals surface area (Å²) < 4.78 is 14.0. The van der Waals surface area contributed by atoms with Gasteiger partial charge in [0.15, 0.2) is 0 Å². The van der Waals surface area contributed by atoms with Crippen molar-refractivity contribution < 1.29 is 14.3 Å². The summed E-state index contributed by atoms with van der Waals surface area (Å²) in [4.78, 5) is 13.0. The first-order valence-electron chi connectivity index (χ1n) is 6.47. The standard InChI is InChI=1S/C14H19FN2O2/c1-8-3-4-17(7-9(8)2)13-5-10(14(18)19)12(16)6-11(13)15/h5-6,8-9H,3-4,7,16H2,1-2H3,(H,18,19). The molecule has 1 heterocycles. The Morgan fingerprint density at radius 3 is 2.68 bits per heavy atom. The molecular weight excluding hydrogens is 247 g/mol. The molecular formula is C14H19FN2O2. The van der Waals surface area contributed by atoms with Gasteiger partial charge in [-0.05, 0) is 30.4 Å². The highest BCUT2D eigenvalue weighted by molar-refractivity contribution is 5.95. The molecule has 1 aromatic rings. The molecule has 104 valence electrons. The number of carboxylic acids is 1. The van der Waals surface area contributed by atoms with Crippen molar-refractivity contribution in [1.82, 2.24) is 0 Å². The third kappa shape index (κ3) is 2.64. The zero-order valence-corrected chi connectivity index (χ0v) is 11.2. The number of nitrogens with two attached hydrogens (primary N) is 1. The molecule has 2 rings (SSSR count). The van der Waals surface area contributed by atoms with Gasteiger partial charge in [0, 0.05) is 18.8 Å². The fourth-order valence-electron chi connectivity index (χ4n) is 2.49. The van der Waals surface area contributed by atoms with Crippen molar-refractivity contribution in [3.05, 3.63) is 23.5 Å². The lowest BCUT2D eigenvalue weighted by atomic mass is 9.88. The lowest BCUT2D eigenvalue weighted by molar-refractivity contribution is 0.0698. The number of benzene rings is 1. The van der Waals surface area contributed by atoms with Gasteiger partial charge in [-0.1, -0.05) is 13.8 Å². The average Bonchev–Trinajstić information content (AvgIpc) is 2.32. The number of carbonyl (C=O) groups is 1. The second kappa shape index (κ2) is 5.07. The fourth-order valence-corrected chi connectivity index (χ4v) is 2.49. The maximum atomic E-state index is 14.0. The summed E-state index contributed by atoms with van der Waals surface area (Å²) in [6, 6.07) is 2.44. The molecule has 1 fully saturated rings. The van der Waals surface area contributed by atoms with Crippen LogP contribution in [0, 0.1) is 17.7 Å². The first kappa shape index (κ1) is 13.6. The number of halogens is 1. The van der Waals surface area contributed by atoms with Gasteiger partial charge in [-0.25, -0.2) is 9.18 Å². The molecule has 19 heavy (non-hydrogen) atoms. The molecule has 1 aliphatic rings. The monoisotopic (exact) mass is 266 g/mol. The molecule has 1 saturated heterocycles. The van der Waals surface area contributed by atoms with Gasteiger partial charge in [-0.2, -0.15) is 0 Å². The first-order valence-corrected chi connectivity index (χ1v) is 6.47. The Hall–Kier alpha value is -1.78. The fraction of sp³-hybridized carbons (Fsp3) is 0.500. The van der Waals surface area contributed by atoms with Crippen LogP contribution in [-0.2, 0) is 0 Å². The summed E-state index contributed by atoms with van der Waals surface area (Å²) >= 11 is 0.